The molecule has 1 aliphatic heterocycles. The lowest BCUT2D eigenvalue weighted by Crippen LogP contribution is -2.46. The molecule has 1 fully saturated rings. The minimum absolute atomic E-state index is 0. The summed E-state index contributed by atoms with van der Waals surface area (Å²) in [4.78, 5) is 15.9. The van der Waals surface area contributed by atoms with Crippen LogP contribution in [-0.2, 0) is 4.79 Å². The Morgan fingerprint density at radius 1 is 1.23 bits per heavy atom. The molecule has 1 aromatic carbocycles. The van der Waals surface area contributed by atoms with Crippen molar-refractivity contribution in [2.45, 2.75) is 43.5 Å². The molecule has 148 valence electrons. The van der Waals surface area contributed by atoms with Gasteiger partial charge in [0.15, 0.2) is 11.5 Å². The molecule has 0 radical (unpaired) electrons. The molecule has 0 atom stereocenters. The van der Waals surface area contributed by atoms with Gasteiger partial charge in [0.05, 0.1) is 14.2 Å². The minimum atomic E-state index is 0. The van der Waals surface area contributed by atoms with Crippen molar-refractivity contribution in [1.82, 2.24) is 10.2 Å². The maximum absolute atomic E-state index is 12.7. The third-order valence-corrected chi connectivity index (χ3v) is 5.47. The number of hydrogen-bond donors (Lipinski definition) is 1. The van der Waals surface area contributed by atoms with Crippen LogP contribution >= 0.6 is 24.2 Å². The van der Waals surface area contributed by atoms with Gasteiger partial charge in [-0.1, -0.05) is 6.92 Å². The van der Waals surface area contributed by atoms with Crippen LogP contribution in [0.2, 0.25) is 0 Å². The van der Waals surface area contributed by atoms with E-state index in [1.54, 1.807) is 26.0 Å². The predicted octanol–water partition coefficient (Wildman–Crippen LogP) is 3.60. The first-order valence-corrected chi connectivity index (χ1v) is 10.0. The molecule has 1 saturated heterocycles. The molecule has 5 nitrogen and oxygen atoms in total. The summed E-state index contributed by atoms with van der Waals surface area (Å²) in [7, 11) is 3.27. The fourth-order valence-corrected chi connectivity index (χ4v) is 4.04. The number of nitrogens with zero attached hydrogens (tertiary/aromatic N) is 1. The van der Waals surface area contributed by atoms with Crippen molar-refractivity contribution in [3.8, 4) is 11.5 Å². The van der Waals surface area contributed by atoms with Crippen LogP contribution in [0, 0.1) is 0 Å². The van der Waals surface area contributed by atoms with Gasteiger partial charge in [0.25, 0.3) is 0 Å². The van der Waals surface area contributed by atoms with Gasteiger partial charge in [0.2, 0.25) is 5.91 Å². The Morgan fingerprint density at radius 3 is 2.54 bits per heavy atom. The quantitative estimate of drug-likeness (QED) is 0.639. The Balaban J connectivity index is 0.00000338. The number of hydrogen-bond acceptors (Lipinski definition) is 5. The van der Waals surface area contributed by atoms with Gasteiger partial charge in [-0.15, -0.1) is 24.2 Å². The van der Waals surface area contributed by atoms with E-state index in [0.29, 0.717) is 12.5 Å². The van der Waals surface area contributed by atoms with Crippen molar-refractivity contribution in [2.75, 3.05) is 39.6 Å². The van der Waals surface area contributed by atoms with Crippen LogP contribution in [0.3, 0.4) is 0 Å². The highest BCUT2D eigenvalue weighted by molar-refractivity contribution is 7.99. The maximum Gasteiger partial charge on any atom is 0.223 e. The molecule has 1 N–H and O–H groups in total. The van der Waals surface area contributed by atoms with Crippen molar-refractivity contribution in [3.63, 3.8) is 0 Å². The Labute approximate surface area is 167 Å². The van der Waals surface area contributed by atoms with Crippen molar-refractivity contribution < 1.29 is 14.3 Å². The molecule has 0 spiro atoms. The number of rotatable bonds is 9. The third kappa shape index (κ3) is 6.56. The number of thioether (sulfide) groups is 1. The highest BCUT2D eigenvalue weighted by Gasteiger charge is 2.24. The van der Waals surface area contributed by atoms with E-state index in [2.05, 4.69) is 17.1 Å². The Morgan fingerprint density at radius 2 is 1.92 bits per heavy atom. The van der Waals surface area contributed by atoms with Crippen LogP contribution in [-0.4, -0.2) is 56.5 Å². The number of carbonyl (C=O) groups is 1. The van der Waals surface area contributed by atoms with Crippen LogP contribution in [0.15, 0.2) is 23.1 Å². The molecule has 0 unspecified atom stereocenters. The number of ether oxygens (including phenoxy) is 2. The summed E-state index contributed by atoms with van der Waals surface area (Å²) in [6, 6.07) is 6.28. The number of nitrogens with one attached hydrogen (secondary N) is 1. The smallest absolute Gasteiger partial charge is 0.223 e. The molecule has 0 aromatic heterocycles. The lowest BCUT2D eigenvalue weighted by atomic mass is 10.0. The molecule has 2 rings (SSSR count). The first-order valence-electron chi connectivity index (χ1n) is 9.04. The van der Waals surface area contributed by atoms with Gasteiger partial charge in [-0.05, 0) is 50.6 Å². The first kappa shape index (κ1) is 22.9. The van der Waals surface area contributed by atoms with Crippen molar-refractivity contribution in [1.29, 1.82) is 0 Å². The van der Waals surface area contributed by atoms with Gasteiger partial charge in [-0.3, -0.25) is 4.79 Å². The van der Waals surface area contributed by atoms with E-state index in [-0.39, 0.29) is 18.3 Å². The van der Waals surface area contributed by atoms with E-state index < -0.39 is 0 Å². The predicted molar refractivity (Wildman–Crippen MR) is 110 cm³/mol. The zero-order valence-electron chi connectivity index (χ0n) is 16.0. The molecule has 0 bridgehead atoms. The van der Waals surface area contributed by atoms with E-state index in [1.807, 2.05) is 18.2 Å². The summed E-state index contributed by atoms with van der Waals surface area (Å²) in [5.41, 5.74) is 0. The summed E-state index contributed by atoms with van der Waals surface area (Å²) >= 11 is 1.68. The van der Waals surface area contributed by atoms with Crippen molar-refractivity contribution in [2.24, 2.45) is 0 Å². The summed E-state index contributed by atoms with van der Waals surface area (Å²) in [5, 5.41) is 3.37. The van der Waals surface area contributed by atoms with Crippen LogP contribution < -0.4 is 14.8 Å². The summed E-state index contributed by atoms with van der Waals surface area (Å²) in [6.45, 7) is 5.03. The fourth-order valence-electron chi connectivity index (χ4n) is 3.18. The lowest BCUT2D eigenvalue weighted by Gasteiger charge is -2.34. The number of carbonyl (C=O) groups excluding carboxylic acids is 1. The third-order valence-electron chi connectivity index (χ3n) is 4.47. The van der Waals surface area contributed by atoms with Crippen LogP contribution in [0.5, 0.6) is 11.5 Å². The van der Waals surface area contributed by atoms with Crippen LogP contribution in [0.1, 0.15) is 32.6 Å². The summed E-state index contributed by atoms with van der Waals surface area (Å²) in [5.74, 6) is 2.50. The molecule has 7 heteroatoms. The van der Waals surface area contributed by atoms with Gasteiger partial charge >= 0.3 is 0 Å². The molecule has 1 heterocycles. The van der Waals surface area contributed by atoms with E-state index in [4.69, 9.17) is 9.47 Å². The lowest BCUT2D eigenvalue weighted by molar-refractivity contribution is -0.133. The molecule has 1 aliphatic rings. The minimum Gasteiger partial charge on any atom is -0.493 e. The summed E-state index contributed by atoms with van der Waals surface area (Å²) < 4.78 is 10.6. The van der Waals surface area contributed by atoms with Gasteiger partial charge in [-0.25, -0.2) is 0 Å². The van der Waals surface area contributed by atoms with E-state index in [0.717, 1.165) is 61.0 Å². The highest BCUT2D eigenvalue weighted by atomic mass is 35.5. The first-order chi connectivity index (χ1) is 12.2. The van der Waals surface area contributed by atoms with E-state index >= 15 is 0 Å². The Hall–Kier alpha value is -1.11. The standard InChI is InChI=1S/C19H30N2O3S.ClH/c1-4-12-21(15-7-10-20-11-8-15)19(22)9-13-25-16-5-6-17(23-2)18(14-16)24-3;/h5-6,14-15,20H,4,7-13H2,1-3H3;1H. The second-order valence-electron chi connectivity index (χ2n) is 6.18. The molecule has 1 aromatic rings. The molecular weight excluding hydrogens is 372 g/mol. The van der Waals surface area contributed by atoms with Crippen LogP contribution in [0.4, 0.5) is 0 Å². The fraction of sp³-hybridized carbons (Fsp3) is 0.632. The zero-order chi connectivity index (χ0) is 18.1. The van der Waals surface area contributed by atoms with Gasteiger partial charge < -0.3 is 19.7 Å². The zero-order valence-corrected chi connectivity index (χ0v) is 17.6. The molecule has 0 saturated carbocycles. The molecule has 26 heavy (non-hydrogen) atoms. The average molecular weight is 403 g/mol. The van der Waals surface area contributed by atoms with Crippen molar-refractivity contribution >= 4 is 30.1 Å². The maximum atomic E-state index is 12.7. The van der Waals surface area contributed by atoms with E-state index in [9.17, 15) is 4.79 Å². The topological polar surface area (TPSA) is 50.8 Å². The number of piperidine rings is 1. The second-order valence-corrected chi connectivity index (χ2v) is 7.35. The van der Waals surface area contributed by atoms with Gasteiger partial charge in [-0.2, -0.15) is 0 Å². The second kappa shape index (κ2) is 12.3. The number of methoxy groups -OCH3 is 2. The monoisotopic (exact) mass is 402 g/mol. The normalized spacial score (nSPS) is 14.4. The molecular formula is C19H31ClN2O3S. The largest absolute Gasteiger partial charge is 0.493 e. The van der Waals surface area contributed by atoms with Crippen LogP contribution in [0.25, 0.3) is 0 Å². The van der Waals surface area contributed by atoms with Gasteiger partial charge in [0.1, 0.15) is 0 Å². The molecule has 0 aliphatic carbocycles. The number of benzene rings is 1. The average Bonchev–Trinajstić information content (AvgIpc) is 2.66. The number of amides is 1. The highest BCUT2D eigenvalue weighted by Crippen LogP contribution is 2.32. The van der Waals surface area contributed by atoms with E-state index in [1.165, 1.54) is 0 Å². The van der Waals surface area contributed by atoms with Crippen molar-refractivity contribution in [3.05, 3.63) is 18.2 Å². The van der Waals surface area contributed by atoms with Gasteiger partial charge in [0, 0.05) is 29.7 Å². The number of halogens is 1. The molecule has 1 amide bonds. The Bertz CT molecular complexity index is 554. The summed E-state index contributed by atoms with van der Waals surface area (Å²) in [6.07, 6.45) is 3.71. The SMILES string of the molecule is CCCN(C(=O)CCSc1ccc(OC)c(OC)c1)C1CCNCC1.Cl. The Kier molecular flexibility index (Phi) is 10.9.